The van der Waals surface area contributed by atoms with Gasteiger partial charge in [0.15, 0.2) is 0 Å². The first-order chi connectivity index (χ1) is 14.6. The highest BCUT2D eigenvalue weighted by Crippen LogP contribution is 2.14. The predicted octanol–water partition coefficient (Wildman–Crippen LogP) is 7.13. The molecule has 1 aromatic carbocycles. The minimum Gasteiger partial charge on any atom is -0.399 e. The lowest BCUT2D eigenvalue weighted by atomic mass is 10.0. The van der Waals surface area contributed by atoms with Crippen LogP contribution >= 0.6 is 0 Å². The van der Waals surface area contributed by atoms with Gasteiger partial charge in [0.25, 0.3) is 5.91 Å². The molecule has 1 aromatic rings. The van der Waals surface area contributed by atoms with Crippen LogP contribution in [0.3, 0.4) is 0 Å². The molecule has 30 heavy (non-hydrogen) atoms. The molecule has 0 bridgehead atoms. The maximum atomic E-state index is 12.7. The number of carbonyl (C=O) groups excluding carboxylic acids is 2. The van der Waals surface area contributed by atoms with Crippen molar-refractivity contribution in [2.45, 2.75) is 110 Å². The number of benzene rings is 1. The molecule has 0 fully saturated rings. The summed E-state index contributed by atoms with van der Waals surface area (Å²) >= 11 is 0. The summed E-state index contributed by atoms with van der Waals surface area (Å²) in [6.45, 7) is 4.58. The third-order valence-corrected chi connectivity index (χ3v) is 5.74. The average Bonchev–Trinajstić information content (AvgIpc) is 2.76. The summed E-state index contributed by atoms with van der Waals surface area (Å²) in [7, 11) is 0. The van der Waals surface area contributed by atoms with E-state index in [1.54, 1.807) is 31.2 Å². The Labute approximate surface area is 184 Å². The van der Waals surface area contributed by atoms with Gasteiger partial charge in [0, 0.05) is 24.2 Å². The molecule has 170 valence electrons. The first-order valence-electron chi connectivity index (χ1n) is 12.3. The van der Waals surface area contributed by atoms with E-state index in [0.29, 0.717) is 24.2 Å². The van der Waals surface area contributed by atoms with Crippen LogP contribution in [0.2, 0.25) is 0 Å². The molecule has 0 heterocycles. The summed E-state index contributed by atoms with van der Waals surface area (Å²) in [4.78, 5) is 26.3. The topological polar surface area (TPSA) is 63.4 Å². The second-order valence-electron chi connectivity index (χ2n) is 8.42. The fourth-order valence-electron chi connectivity index (χ4n) is 3.78. The SMILES string of the molecule is CCCCCCCCCCCCCCCCN(C(=O)CC)C(=O)c1ccc(N)cc1. The van der Waals surface area contributed by atoms with Crippen molar-refractivity contribution in [1.29, 1.82) is 0 Å². The van der Waals surface area contributed by atoms with Gasteiger partial charge in [-0.05, 0) is 30.7 Å². The monoisotopic (exact) mass is 416 g/mol. The molecule has 0 aliphatic heterocycles. The van der Waals surface area contributed by atoms with Crippen molar-refractivity contribution in [1.82, 2.24) is 4.90 Å². The number of nitrogens with zero attached hydrogens (tertiary/aromatic N) is 1. The minimum atomic E-state index is -0.212. The molecule has 0 saturated heterocycles. The highest BCUT2D eigenvalue weighted by molar-refractivity contribution is 6.04. The van der Waals surface area contributed by atoms with Gasteiger partial charge >= 0.3 is 0 Å². The van der Waals surface area contributed by atoms with Crippen LogP contribution in [-0.4, -0.2) is 23.3 Å². The number of anilines is 1. The highest BCUT2D eigenvalue weighted by atomic mass is 16.2. The van der Waals surface area contributed by atoms with Crippen molar-refractivity contribution in [3.63, 3.8) is 0 Å². The van der Waals surface area contributed by atoms with E-state index in [1.165, 1.54) is 81.9 Å². The lowest BCUT2D eigenvalue weighted by Gasteiger charge is -2.20. The molecule has 1 rings (SSSR count). The molecule has 0 spiro atoms. The lowest BCUT2D eigenvalue weighted by molar-refractivity contribution is -0.128. The Kier molecular flexibility index (Phi) is 14.8. The Balaban J connectivity index is 2.13. The summed E-state index contributed by atoms with van der Waals surface area (Å²) in [5.74, 6) is -0.317. The van der Waals surface area contributed by atoms with Gasteiger partial charge in [0.1, 0.15) is 0 Å². The Morgan fingerprint density at radius 3 is 1.57 bits per heavy atom. The first-order valence-corrected chi connectivity index (χ1v) is 12.3. The van der Waals surface area contributed by atoms with E-state index in [1.807, 2.05) is 0 Å². The normalized spacial score (nSPS) is 10.9. The second-order valence-corrected chi connectivity index (χ2v) is 8.42. The van der Waals surface area contributed by atoms with E-state index in [9.17, 15) is 9.59 Å². The number of carbonyl (C=O) groups is 2. The van der Waals surface area contributed by atoms with Gasteiger partial charge < -0.3 is 5.73 Å². The van der Waals surface area contributed by atoms with Crippen LogP contribution in [0.15, 0.2) is 24.3 Å². The van der Waals surface area contributed by atoms with Crippen LogP contribution < -0.4 is 5.73 Å². The molecule has 0 atom stereocenters. The zero-order chi connectivity index (χ0) is 22.0. The molecule has 2 amide bonds. The fourth-order valence-corrected chi connectivity index (χ4v) is 3.78. The molecule has 0 saturated carbocycles. The Bertz CT molecular complexity index is 583. The average molecular weight is 417 g/mol. The number of unbranched alkanes of at least 4 members (excludes halogenated alkanes) is 13. The molecule has 2 N–H and O–H groups in total. The fraction of sp³-hybridized carbons (Fsp3) is 0.692. The summed E-state index contributed by atoms with van der Waals surface area (Å²) in [6, 6.07) is 6.79. The van der Waals surface area contributed by atoms with Crippen LogP contribution in [0, 0.1) is 0 Å². The first kappa shape index (κ1) is 26.2. The van der Waals surface area contributed by atoms with E-state index in [0.717, 1.165) is 12.8 Å². The van der Waals surface area contributed by atoms with Crippen molar-refractivity contribution in [2.75, 3.05) is 12.3 Å². The predicted molar refractivity (Wildman–Crippen MR) is 128 cm³/mol. The summed E-state index contributed by atoms with van der Waals surface area (Å²) < 4.78 is 0. The van der Waals surface area contributed by atoms with Crippen molar-refractivity contribution in [3.8, 4) is 0 Å². The van der Waals surface area contributed by atoms with Gasteiger partial charge in [-0.25, -0.2) is 0 Å². The number of amides is 2. The van der Waals surface area contributed by atoms with Gasteiger partial charge in [0.05, 0.1) is 0 Å². The van der Waals surface area contributed by atoms with E-state index < -0.39 is 0 Å². The van der Waals surface area contributed by atoms with E-state index in [2.05, 4.69) is 6.92 Å². The number of hydrogen-bond donors (Lipinski definition) is 1. The van der Waals surface area contributed by atoms with Gasteiger partial charge in [-0.2, -0.15) is 0 Å². The van der Waals surface area contributed by atoms with E-state index in [4.69, 9.17) is 5.73 Å². The van der Waals surface area contributed by atoms with Crippen LogP contribution in [-0.2, 0) is 4.79 Å². The third kappa shape index (κ3) is 11.4. The zero-order valence-corrected chi connectivity index (χ0v) is 19.5. The number of hydrogen-bond acceptors (Lipinski definition) is 3. The van der Waals surface area contributed by atoms with E-state index in [-0.39, 0.29) is 11.8 Å². The van der Waals surface area contributed by atoms with Crippen molar-refractivity contribution in [2.24, 2.45) is 0 Å². The molecule has 4 nitrogen and oxygen atoms in total. The van der Waals surface area contributed by atoms with Gasteiger partial charge in [-0.3, -0.25) is 14.5 Å². The molecule has 0 aliphatic carbocycles. The summed E-state index contributed by atoms with van der Waals surface area (Å²) in [5, 5.41) is 0. The zero-order valence-electron chi connectivity index (χ0n) is 19.5. The smallest absolute Gasteiger partial charge is 0.260 e. The number of rotatable bonds is 17. The largest absolute Gasteiger partial charge is 0.399 e. The molecular formula is C26H44N2O2. The highest BCUT2D eigenvalue weighted by Gasteiger charge is 2.20. The summed E-state index contributed by atoms with van der Waals surface area (Å²) in [5.41, 5.74) is 6.83. The second kappa shape index (κ2) is 16.9. The minimum absolute atomic E-state index is 0.105. The standard InChI is InChI=1S/C26H44N2O2/c1-3-5-6-7-8-9-10-11-12-13-14-15-16-17-22-28(25(29)4-2)26(30)23-18-20-24(27)21-19-23/h18-21H,3-17,22,27H2,1-2H3. The van der Waals surface area contributed by atoms with Crippen molar-refractivity contribution < 1.29 is 9.59 Å². The van der Waals surface area contributed by atoms with Crippen LogP contribution in [0.25, 0.3) is 0 Å². The molecule has 0 radical (unpaired) electrons. The molecular weight excluding hydrogens is 372 g/mol. The van der Waals surface area contributed by atoms with E-state index >= 15 is 0 Å². The van der Waals surface area contributed by atoms with Crippen molar-refractivity contribution in [3.05, 3.63) is 29.8 Å². The molecule has 0 unspecified atom stereocenters. The lowest BCUT2D eigenvalue weighted by Crippen LogP contribution is -2.37. The number of nitrogen functional groups attached to an aromatic ring is 1. The molecule has 4 heteroatoms. The number of nitrogens with two attached hydrogens (primary N) is 1. The van der Waals surface area contributed by atoms with Crippen LogP contribution in [0.4, 0.5) is 5.69 Å². The quantitative estimate of drug-likeness (QED) is 0.217. The Morgan fingerprint density at radius 1 is 0.700 bits per heavy atom. The van der Waals surface area contributed by atoms with Gasteiger partial charge in [-0.1, -0.05) is 97.3 Å². The number of imide groups is 1. The maximum absolute atomic E-state index is 12.7. The van der Waals surface area contributed by atoms with Crippen molar-refractivity contribution >= 4 is 17.5 Å². The third-order valence-electron chi connectivity index (χ3n) is 5.74. The maximum Gasteiger partial charge on any atom is 0.260 e. The van der Waals surface area contributed by atoms with Gasteiger partial charge in [-0.15, -0.1) is 0 Å². The van der Waals surface area contributed by atoms with Crippen LogP contribution in [0.5, 0.6) is 0 Å². The van der Waals surface area contributed by atoms with Gasteiger partial charge in [0.2, 0.25) is 5.91 Å². The molecule has 0 aliphatic rings. The Hall–Kier alpha value is -1.84. The Morgan fingerprint density at radius 2 is 1.13 bits per heavy atom. The van der Waals surface area contributed by atoms with Crippen LogP contribution in [0.1, 0.15) is 121 Å². The summed E-state index contributed by atoms with van der Waals surface area (Å²) in [6.07, 6.45) is 18.4. The molecule has 0 aromatic heterocycles.